The monoisotopic (exact) mass is 284 g/mol. The molecule has 1 aromatic rings. The van der Waals surface area contributed by atoms with Crippen molar-refractivity contribution in [3.8, 4) is 0 Å². The number of thiazole rings is 1. The number of methoxy groups -OCH3 is 1. The largest absolute Gasteiger partial charge is 0.481 e. The van der Waals surface area contributed by atoms with Gasteiger partial charge < -0.3 is 14.7 Å². The number of aliphatic carboxylic acids is 1. The first-order valence-corrected chi connectivity index (χ1v) is 6.98. The lowest BCUT2D eigenvalue weighted by Gasteiger charge is -2.38. The zero-order valence-corrected chi connectivity index (χ0v) is 11.4. The Labute approximate surface area is 115 Å². The molecule has 1 aliphatic rings. The number of carbonyl (C=O) groups excluding carboxylic acids is 1. The minimum absolute atomic E-state index is 0.0347. The number of piperidine rings is 1. The highest BCUT2D eigenvalue weighted by Crippen LogP contribution is 2.36. The molecule has 2 unspecified atom stereocenters. The van der Waals surface area contributed by atoms with Crippen LogP contribution in [-0.4, -0.2) is 47.1 Å². The van der Waals surface area contributed by atoms with Gasteiger partial charge in [0.15, 0.2) is 0 Å². The highest BCUT2D eigenvalue weighted by Gasteiger charge is 2.41. The molecule has 1 fully saturated rings. The predicted molar refractivity (Wildman–Crippen MR) is 68.8 cm³/mol. The van der Waals surface area contributed by atoms with Gasteiger partial charge in [-0.3, -0.25) is 9.59 Å². The number of aromatic nitrogens is 1. The Kier molecular flexibility index (Phi) is 4.49. The Morgan fingerprint density at radius 2 is 2.47 bits per heavy atom. The number of amides is 1. The second kappa shape index (κ2) is 6.12. The van der Waals surface area contributed by atoms with Gasteiger partial charge in [0.1, 0.15) is 0 Å². The summed E-state index contributed by atoms with van der Waals surface area (Å²) in [7, 11) is 1.56. The number of hydrogen-bond acceptors (Lipinski definition) is 5. The molecular weight excluding hydrogens is 268 g/mol. The van der Waals surface area contributed by atoms with Gasteiger partial charge in [-0.05, 0) is 6.42 Å². The first-order chi connectivity index (χ1) is 9.15. The molecule has 0 spiro atoms. The lowest BCUT2D eigenvalue weighted by molar-refractivity contribution is -0.152. The van der Waals surface area contributed by atoms with Crippen LogP contribution in [0, 0.1) is 5.92 Å². The first kappa shape index (κ1) is 14.0. The van der Waals surface area contributed by atoms with E-state index in [0.717, 1.165) is 0 Å². The van der Waals surface area contributed by atoms with E-state index >= 15 is 0 Å². The van der Waals surface area contributed by atoms with E-state index in [-0.39, 0.29) is 12.3 Å². The summed E-state index contributed by atoms with van der Waals surface area (Å²) in [6.07, 6.45) is 0.626. The number of rotatable bonds is 5. The second-order valence-corrected chi connectivity index (χ2v) is 5.14. The molecule has 1 amide bonds. The first-order valence-electron chi connectivity index (χ1n) is 6.04. The Bertz CT molecular complexity index is 449. The normalized spacial score (nSPS) is 23.6. The van der Waals surface area contributed by atoms with Crippen molar-refractivity contribution in [2.75, 3.05) is 20.3 Å². The fraction of sp³-hybridized carbons (Fsp3) is 0.583. The lowest BCUT2D eigenvalue weighted by Crippen LogP contribution is -2.46. The second-order valence-electron chi connectivity index (χ2n) is 4.42. The highest BCUT2D eigenvalue weighted by molar-refractivity contribution is 7.07. The third-order valence-corrected chi connectivity index (χ3v) is 3.92. The molecule has 104 valence electrons. The van der Waals surface area contributed by atoms with Crippen molar-refractivity contribution in [3.05, 3.63) is 16.6 Å². The number of ether oxygens (including phenoxy) is 1. The molecule has 1 N–H and O–H groups in total. The number of likely N-dealkylation sites (tertiary alicyclic amines) is 1. The smallest absolute Gasteiger partial charge is 0.309 e. The summed E-state index contributed by atoms with van der Waals surface area (Å²) in [4.78, 5) is 29.2. The van der Waals surface area contributed by atoms with Crippen LogP contribution >= 0.6 is 11.3 Å². The van der Waals surface area contributed by atoms with Gasteiger partial charge >= 0.3 is 5.97 Å². The van der Waals surface area contributed by atoms with Crippen molar-refractivity contribution in [2.24, 2.45) is 5.92 Å². The fourth-order valence-corrected chi connectivity index (χ4v) is 2.98. The van der Waals surface area contributed by atoms with E-state index < -0.39 is 17.9 Å². The van der Waals surface area contributed by atoms with Crippen LogP contribution in [0.15, 0.2) is 10.9 Å². The standard InChI is InChI=1S/C12H16N2O4S/c1-18-5-4-14-10(15)3-2-8(12(16)17)11(14)9-6-19-7-13-9/h6-8,11H,2-5H2,1H3,(H,16,17). The van der Waals surface area contributed by atoms with Crippen molar-refractivity contribution >= 4 is 23.2 Å². The van der Waals surface area contributed by atoms with Gasteiger partial charge in [0, 0.05) is 25.5 Å². The number of carboxylic acid groups (broad SMARTS) is 1. The van der Waals surface area contributed by atoms with Crippen LogP contribution in [0.2, 0.25) is 0 Å². The van der Waals surface area contributed by atoms with Crippen LogP contribution in [-0.2, 0) is 14.3 Å². The van der Waals surface area contributed by atoms with Gasteiger partial charge in [-0.1, -0.05) is 0 Å². The molecule has 6 nitrogen and oxygen atoms in total. The van der Waals surface area contributed by atoms with Crippen molar-refractivity contribution < 1.29 is 19.4 Å². The van der Waals surface area contributed by atoms with Crippen molar-refractivity contribution in [2.45, 2.75) is 18.9 Å². The van der Waals surface area contributed by atoms with Gasteiger partial charge in [0.2, 0.25) is 5.91 Å². The van der Waals surface area contributed by atoms with Crippen LogP contribution < -0.4 is 0 Å². The van der Waals surface area contributed by atoms with Crippen molar-refractivity contribution in [1.82, 2.24) is 9.88 Å². The predicted octanol–water partition coefficient (Wildman–Crippen LogP) is 1.15. The summed E-state index contributed by atoms with van der Waals surface area (Å²) in [6.45, 7) is 0.778. The fourth-order valence-electron chi connectivity index (χ4n) is 2.40. The maximum Gasteiger partial charge on any atom is 0.309 e. The summed E-state index contributed by atoms with van der Waals surface area (Å²) in [5.74, 6) is -1.52. The minimum atomic E-state index is -0.882. The number of carboxylic acids is 1. The summed E-state index contributed by atoms with van der Waals surface area (Å²) in [5, 5.41) is 11.1. The number of hydrogen-bond donors (Lipinski definition) is 1. The summed E-state index contributed by atoms with van der Waals surface area (Å²) in [5.41, 5.74) is 2.31. The van der Waals surface area contributed by atoms with Gasteiger partial charge in [-0.2, -0.15) is 0 Å². The van der Waals surface area contributed by atoms with Crippen molar-refractivity contribution in [3.63, 3.8) is 0 Å². The molecular formula is C12H16N2O4S. The van der Waals surface area contributed by atoms with Crippen molar-refractivity contribution in [1.29, 1.82) is 0 Å². The van der Waals surface area contributed by atoms with Crippen LogP contribution in [0.3, 0.4) is 0 Å². The van der Waals surface area contributed by atoms with Gasteiger partial charge in [-0.25, -0.2) is 4.98 Å². The summed E-state index contributed by atoms with van der Waals surface area (Å²) in [6, 6.07) is -0.486. The molecule has 2 heterocycles. The Balaban J connectivity index is 2.29. The molecule has 1 saturated heterocycles. The molecule has 0 radical (unpaired) electrons. The summed E-state index contributed by atoms with van der Waals surface area (Å²) >= 11 is 1.40. The molecule has 2 rings (SSSR count). The molecule has 7 heteroatoms. The van der Waals surface area contributed by atoms with Crippen LogP contribution in [0.25, 0.3) is 0 Å². The van der Waals surface area contributed by atoms with Crippen LogP contribution in [0.4, 0.5) is 0 Å². The maximum absolute atomic E-state index is 12.0. The zero-order valence-electron chi connectivity index (χ0n) is 10.6. The minimum Gasteiger partial charge on any atom is -0.481 e. The van der Waals surface area contributed by atoms with E-state index in [1.54, 1.807) is 22.9 Å². The molecule has 0 aromatic carbocycles. The van der Waals surface area contributed by atoms with E-state index in [4.69, 9.17) is 4.74 Å². The van der Waals surface area contributed by atoms with Gasteiger partial charge in [-0.15, -0.1) is 11.3 Å². The molecule has 19 heavy (non-hydrogen) atoms. The van der Waals surface area contributed by atoms with E-state index in [0.29, 0.717) is 25.3 Å². The Morgan fingerprint density at radius 3 is 3.05 bits per heavy atom. The van der Waals surface area contributed by atoms with E-state index in [1.807, 2.05) is 0 Å². The van der Waals surface area contributed by atoms with E-state index in [1.165, 1.54) is 11.3 Å². The molecule has 2 atom stereocenters. The molecule has 1 aliphatic heterocycles. The maximum atomic E-state index is 12.0. The highest BCUT2D eigenvalue weighted by atomic mass is 32.1. The van der Waals surface area contributed by atoms with Crippen LogP contribution in [0.5, 0.6) is 0 Å². The molecule has 1 aromatic heterocycles. The third-order valence-electron chi connectivity index (χ3n) is 3.31. The third kappa shape index (κ3) is 2.93. The average molecular weight is 284 g/mol. The topological polar surface area (TPSA) is 79.7 Å². The van der Waals surface area contributed by atoms with E-state index in [9.17, 15) is 14.7 Å². The molecule has 0 bridgehead atoms. The average Bonchev–Trinajstić information content (AvgIpc) is 2.90. The summed E-state index contributed by atoms with van der Waals surface area (Å²) < 4.78 is 5.00. The van der Waals surface area contributed by atoms with Gasteiger partial charge in [0.05, 0.1) is 29.8 Å². The molecule has 0 saturated carbocycles. The zero-order chi connectivity index (χ0) is 13.8. The van der Waals surface area contributed by atoms with Gasteiger partial charge in [0.25, 0.3) is 0 Å². The SMILES string of the molecule is COCCN1C(=O)CCC(C(=O)O)C1c1cscn1. The number of nitrogens with zero attached hydrogens (tertiary/aromatic N) is 2. The number of carbonyl (C=O) groups is 2. The van der Waals surface area contributed by atoms with Crippen LogP contribution in [0.1, 0.15) is 24.6 Å². The lowest BCUT2D eigenvalue weighted by atomic mass is 9.87. The Hall–Kier alpha value is -1.47. The van der Waals surface area contributed by atoms with E-state index in [2.05, 4.69) is 4.98 Å². The Morgan fingerprint density at radius 1 is 1.68 bits per heavy atom. The quantitative estimate of drug-likeness (QED) is 0.877. The molecule has 0 aliphatic carbocycles.